The highest BCUT2D eigenvalue weighted by molar-refractivity contribution is 7.26. The molecule has 0 fully saturated rings. The smallest absolute Gasteiger partial charge is 0.155 e. The molecule has 0 radical (unpaired) electrons. The van der Waals surface area contributed by atoms with Crippen molar-refractivity contribution in [3.63, 3.8) is 0 Å². The average Bonchev–Trinajstić information content (AvgIpc) is 2.75. The minimum atomic E-state index is 0.0465. The van der Waals surface area contributed by atoms with Crippen LogP contribution in [-0.2, 0) is 40.2 Å². The Kier molecular flexibility index (Phi) is 8.09. The van der Waals surface area contributed by atoms with Crippen molar-refractivity contribution in [3.05, 3.63) is 89.1 Å². The fraction of sp³-hybridized carbons (Fsp3) is 0.227. The SMILES string of the molecule is COPOCc1ccc(-c2ccc(COCc3cccc(CO)c3)cc2)nc1. The van der Waals surface area contributed by atoms with E-state index in [0.29, 0.717) is 19.8 Å². The lowest BCUT2D eigenvalue weighted by atomic mass is 10.1. The summed E-state index contributed by atoms with van der Waals surface area (Å²) in [6, 6.07) is 20.0. The normalized spacial score (nSPS) is 11.4. The molecule has 1 atom stereocenters. The molecule has 0 aliphatic heterocycles. The van der Waals surface area contributed by atoms with Gasteiger partial charge < -0.3 is 18.9 Å². The third-order valence-corrected chi connectivity index (χ3v) is 4.60. The van der Waals surface area contributed by atoms with E-state index in [1.807, 2.05) is 42.6 Å². The van der Waals surface area contributed by atoms with Gasteiger partial charge in [-0.3, -0.25) is 4.98 Å². The number of rotatable bonds is 10. The number of hydrogen-bond acceptors (Lipinski definition) is 5. The zero-order chi connectivity index (χ0) is 19.6. The number of aliphatic hydroxyl groups excluding tert-OH is 1. The van der Waals surface area contributed by atoms with Gasteiger partial charge in [0.05, 0.1) is 32.1 Å². The van der Waals surface area contributed by atoms with E-state index in [0.717, 1.165) is 33.5 Å². The van der Waals surface area contributed by atoms with Gasteiger partial charge in [-0.05, 0) is 28.3 Å². The molecule has 0 saturated carbocycles. The summed E-state index contributed by atoms with van der Waals surface area (Å²) in [7, 11) is 1.66. The second-order valence-electron chi connectivity index (χ2n) is 6.30. The molecule has 0 spiro atoms. The predicted octanol–water partition coefficient (Wildman–Crippen LogP) is 4.63. The van der Waals surface area contributed by atoms with Crippen LogP contribution in [0.5, 0.6) is 0 Å². The Hall–Kier alpha value is -2.14. The minimum Gasteiger partial charge on any atom is -0.392 e. The fourth-order valence-electron chi connectivity index (χ4n) is 2.73. The van der Waals surface area contributed by atoms with Gasteiger partial charge in [-0.15, -0.1) is 0 Å². The van der Waals surface area contributed by atoms with Crippen molar-refractivity contribution in [1.29, 1.82) is 0 Å². The first-order valence-electron chi connectivity index (χ1n) is 8.99. The molecule has 0 aliphatic rings. The summed E-state index contributed by atoms with van der Waals surface area (Å²) >= 11 is 0. The first-order valence-corrected chi connectivity index (χ1v) is 9.80. The highest BCUT2D eigenvalue weighted by Gasteiger charge is 2.02. The minimum absolute atomic E-state index is 0.0465. The van der Waals surface area contributed by atoms with Crippen LogP contribution in [0.3, 0.4) is 0 Å². The Morgan fingerprint density at radius 2 is 1.61 bits per heavy atom. The Balaban J connectivity index is 1.51. The number of aromatic nitrogens is 1. The molecule has 0 amide bonds. The van der Waals surface area contributed by atoms with E-state index in [9.17, 15) is 5.11 Å². The summed E-state index contributed by atoms with van der Waals surface area (Å²) in [5, 5.41) is 9.19. The second kappa shape index (κ2) is 11.0. The molecule has 6 heteroatoms. The lowest BCUT2D eigenvalue weighted by Gasteiger charge is -2.08. The number of nitrogens with zero attached hydrogens (tertiary/aromatic N) is 1. The van der Waals surface area contributed by atoms with Crippen molar-refractivity contribution in [2.45, 2.75) is 26.4 Å². The average molecular weight is 397 g/mol. The Morgan fingerprint density at radius 3 is 2.32 bits per heavy atom. The summed E-state index contributed by atoms with van der Waals surface area (Å²) in [6.45, 7) is 1.60. The number of hydrogen-bond donors (Lipinski definition) is 1. The molecule has 0 aliphatic carbocycles. The van der Waals surface area contributed by atoms with Gasteiger partial charge in [-0.25, -0.2) is 0 Å². The Bertz CT molecular complexity index is 853. The van der Waals surface area contributed by atoms with Crippen molar-refractivity contribution in [3.8, 4) is 11.3 Å². The van der Waals surface area contributed by atoms with Crippen LogP contribution in [0.25, 0.3) is 11.3 Å². The van der Waals surface area contributed by atoms with E-state index in [1.54, 1.807) is 7.11 Å². The first-order chi connectivity index (χ1) is 13.8. The Labute approximate surface area is 167 Å². The number of ether oxygens (including phenoxy) is 1. The van der Waals surface area contributed by atoms with Crippen LogP contribution in [0.15, 0.2) is 66.9 Å². The zero-order valence-electron chi connectivity index (χ0n) is 15.8. The number of aliphatic hydroxyl groups is 1. The van der Waals surface area contributed by atoms with Crippen LogP contribution in [0.4, 0.5) is 0 Å². The summed E-state index contributed by atoms with van der Waals surface area (Å²) in [6.07, 6.45) is 1.83. The maximum Gasteiger partial charge on any atom is 0.155 e. The topological polar surface area (TPSA) is 60.8 Å². The second-order valence-corrected chi connectivity index (χ2v) is 7.16. The fourth-order valence-corrected chi connectivity index (χ4v) is 3.07. The lowest BCUT2D eigenvalue weighted by Crippen LogP contribution is -1.95. The molecule has 1 aromatic heterocycles. The quantitative estimate of drug-likeness (QED) is 0.399. The molecule has 1 unspecified atom stereocenters. The van der Waals surface area contributed by atoms with Gasteiger partial charge in [0.2, 0.25) is 0 Å². The molecule has 3 rings (SSSR count). The van der Waals surface area contributed by atoms with Crippen LogP contribution in [-0.4, -0.2) is 17.2 Å². The van der Waals surface area contributed by atoms with Crippen LogP contribution < -0.4 is 0 Å². The molecule has 146 valence electrons. The lowest BCUT2D eigenvalue weighted by molar-refractivity contribution is 0.107. The van der Waals surface area contributed by atoms with E-state index in [2.05, 4.69) is 29.2 Å². The molecule has 1 heterocycles. The van der Waals surface area contributed by atoms with Gasteiger partial charge in [-0.2, -0.15) is 0 Å². The molecule has 2 aromatic carbocycles. The third-order valence-electron chi connectivity index (χ3n) is 4.17. The molecule has 28 heavy (non-hydrogen) atoms. The van der Waals surface area contributed by atoms with E-state index < -0.39 is 0 Å². The standard InChI is InChI=1S/C22H24NO4P/c1-25-28-27-16-20-7-10-22(23-12-20)21-8-5-17(6-9-21)14-26-15-19-4-2-3-18(11-19)13-24/h2-12,24,28H,13-16H2,1H3. The van der Waals surface area contributed by atoms with Crippen molar-refractivity contribution >= 4 is 9.03 Å². The van der Waals surface area contributed by atoms with Crippen LogP contribution in [0, 0.1) is 0 Å². The van der Waals surface area contributed by atoms with Crippen LogP contribution in [0.1, 0.15) is 22.3 Å². The van der Waals surface area contributed by atoms with Gasteiger partial charge in [0, 0.05) is 18.9 Å². The van der Waals surface area contributed by atoms with E-state index >= 15 is 0 Å². The van der Waals surface area contributed by atoms with Gasteiger partial charge in [0.1, 0.15) is 0 Å². The predicted molar refractivity (Wildman–Crippen MR) is 111 cm³/mol. The molecule has 5 nitrogen and oxygen atoms in total. The summed E-state index contributed by atoms with van der Waals surface area (Å²) in [5.41, 5.74) is 6.06. The van der Waals surface area contributed by atoms with Crippen molar-refractivity contribution in [2.75, 3.05) is 7.11 Å². The van der Waals surface area contributed by atoms with E-state index in [1.165, 1.54) is 0 Å². The van der Waals surface area contributed by atoms with E-state index in [4.69, 9.17) is 13.8 Å². The number of benzene rings is 2. The van der Waals surface area contributed by atoms with E-state index in [-0.39, 0.29) is 15.6 Å². The van der Waals surface area contributed by atoms with Crippen molar-refractivity contribution in [2.24, 2.45) is 0 Å². The molecule has 0 saturated heterocycles. The van der Waals surface area contributed by atoms with Gasteiger partial charge in [-0.1, -0.05) is 54.6 Å². The van der Waals surface area contributed by atoms with Crippen molar-refractivity contribution in [1.82, 2.24) is 4.98 Å². The first kappa shape index (κ1) is 20.6. The maximum atomic E-state index is 9.19. The molecular formula is C22H24NO4P. The van der Waals surface area contributed by atoms with Gasteiger partial charge >= 0.3 is 0 Å². The van der Waals surface area contributed by atoms with Crippen LogP contribution in [0.2, 0.25) is 0 Å². The summed E-state index contributed by atoms with van der Waals surface area (Å²) in [4.78, 5) is 4.51. The third kappa shape index (κ3) is 6.20. The van der Waals surface area contributed by atoms with Crippen molar-refractivity contribution < 1.29 is 18.9 Å². The number of pyridine rings is 1. The molecular weight excluding hydrogens is 373 g/mol. The molecule has 3 aromatic rings. The highest BCUT2D eigenvalue weighted by Crippen LogP contribution is 2.20. The van der Waals surface area contributed by atoms with Gasteiger partial charge in [0.15, 0.2) is 9.03 Å². The summed E-state index contributed by atoms with van der Waals surface area (Å²) in [5.74, 6) is 0. The largest absolute Gasteiger partial charge is 0.392 e. The molecule has 1 N–H and O–H groups in total. The summed E-state index contributed by atoms with van der Waals surface area (Å²) < 4.78 is 16.0. The zero-order valence-corrected chi connectivity index (χ0v) is 16.8. The van der Waals surface area contributed by atoms with Crippen LogP contribution >= 0.6 is 9.03 Å². The monoisotopic (exact) mass is 397 g/mol. The molecule has 0 bridgehead atoms. The highest BCUT2D eigenvalue weighted by atomic mass is 31.1. The van der Waals surface area contributed by atoms with Gasteiger partial charge in [0.25, 0.3) is 0 Å². The Morgan fingerprint density at radius 1 is 0.857 bits per heavy atom. The maximum absolute atomic E-state index is 9.19.